The largest absolute Gasteiger partial charge is 0.322 e. The number of aryl methyl sites for hydroxylation is 1. The van der Waals surface area contributed by atoms with E-state index in [0.717, 1.165) is 17.0 Å². The van der Waals surface area contributed by atoms with Gasteiger partial charge >= 0.3 is 0 Å². The summed E-state index contributed by atoms with van der Waals surface area (Å²) >= 11 is 0. The van der Waals surface area contributed by atoms with Crippen molar-refractivity contribution >= 4 is 17.2 Å². The summed E-state index contributed by atoms with van der Waals surface area (Å²) in [5, 5.41) is 2.92. The Morgan fingerprint density at radius 1 is 1.41 bits per heavy atom. The SMILES string of the molecule is Cc1cn2cccc(NC(=O)C(C)(C)C)c2n1. The molecule has 0 aliphatic carbocycles. The highest BCUT2D eigenvalue weighted by Crippen LogP contribution is 2.20. The zero-order valence-corrected chi connectivity index (χ0v) is 10.6. The zero-order valence-electron chi connectivity index (χ0n) is 10.6. The van der Waals surface area contributed by atoms with Crippen molar-refractivity contribution in [2.75, 3.05) is 5.32 Å². The number of hydrogen-bond donors (Lipinski definition) is 1. The van der Waals surface area contributed by atoms with Gasteiger partial charge in [0.1, 0.15) is 0 Å². The van der Waals surface area contributed by atoms with E-state index in [2.05, 4.69) is 10.3 Å². The van der Waals surface area contributed by atoms with Crippen LogP contribution in [0.3, 0.4) is 0 Å². The first-order valence-corrected chi connectivity index (χ1v) is 5.64. The summed E-state index contributed by atoms with van der Waals surface area (Å²) in [6.07, 6.45) is 3.85. The fraction of sp³-hybridized carbons (Fsp3) is 0.385. The Kier molecular flexibility index (Phi) is 2.65. The van der Waals surface area contributed by atoms with Gasteiger partial charge in [-0.3, -0.25) is 4.79 Å². The molecule has 2 heterocycles. The smallest absolute Gasteiger partial charge is 0.229 e. The Balaban J connectivity index is 2.39. The third-order valence-corrected chi connectivity index (χ3v) is 2.53. The number of rotatable bonds is 1. The molecule has 0 unspecified atom stereocenters. The van der Waals surface area contributed by atoms with Crippen molar-refractivity contribution in [2.45, 2.75) is 27.7 Å². The van der Waals surface area contributed by atoms with E-state index in [1.165, 1.54) is 0 Å². The van der Waals surface area contributed by atoms with E-state index in [9.17, 15) is 4.79 Å². The molecule has 2 aromatic rings. The highest BCUT2D eigenvalue weighted by Gasteiger charge is 2.22. The van der Waals surface area contributed by atoms with Crippen molar-refractivity contribution < 1.29 is 4.79 Å². The van der Waals surface area contributed by atoms with Crippen LogP contribution in [0.5, 0.6) is 0 Å². The molecule has 0 saturated carbocycles. The van der Waals surface area contributed by atoms with Gasteiger partial charge in [-0.05, 0) is 19.1 Å². The van der Waals surface area contributed by atoms with Crippen molar-refractivity contribution in [1.82, 2.24) is 9.38 Å². The van der Waals surface area contributed by atoms with Crippen molar-refractivity contribution in [1.29, 1.82) is 0 Å². The molecule has 1 N–H and O–H groups in total. The Morgan fingerprint density at radius 2 is 2.12 bits per heavy atom. The summed E-state index contributed by atoms with van der Waals surface area (Å²) in [6, 6.07) is 3.76. The van der Waals surface area contributed by atoms with Crippen LogP contribution in [-0.2, 0) is 4.79 Å². The Morgan fingerprint density at radius 3 is 2.76 bits per heavy atom. The summed E-state index contributed by atoms with van der Waals surface area (Å²) in [5.74, 6) is -0.00810. The lowest BCUT2D eigenvalue weighted by molar-refractivity contribution is -0.123. The molecule has 0 fully saturated rings. The molecule has 4 heteroatoms. The minimum Gasteiger partial charge on any atom is -0.322 e. The molecular weight excluding hydrogens is 214 g/mol. The molecule has 0 aliphatic rings. The van der Waals surface area contributed by atoms with E-state index in [1.807, 2.05) is 56.6 Å². The molecule has 0 saturated heterocycles. The average molecular weight is 231 g/mol. The van der Waals surface area contributed by atoms with Gasteiger partial charge in [-0.25, -0.2) is 4.98 Å². The van der Waals surface area contributed by atoms with Gasteiger partial charge in [0.15, 0.2) is 5.65 Å². The number of carbonyl (C=O) groups is 1. The normalized spacial score (nSPS) is 11.8. The van der Waals surface area contributed by atoms with Crippen molar-refractivity contribution in [3.63, 3.8) is 0 Å². The van der Waals surface area contributed by atoms with Crippen LogP contribution >= 0.6 is 0 Å². The van der Waals surface area contributed by atoms with Crippen LogP contribution in [-0.4, -0.2) is 15.3 Å². The molecule has 0 atom stereocenters. The molecule has 0 radical (unpaired) electrons. The third-order valence-electron chi connectivity index (χ3n) is 2.53. The summed E-state index contributed by atoms with van der Waals surface area (Å²) in [6.45, 7) is 7.60. The Bertz CT molecular complexity index is 564. The topological polar surface area (TPSA) is 46.4 Å². The minimum absolute atomic E-state index is 0.00810. The van der Waals surface area contributed by atoms with E-state index in [-0.39, 0.29) is 5.91 Å². The summed E-state index contributed by atoms with van der Waals surface area (Å²) < 4.78 is 1.91. The molecule has 0 spiro atoms. The maximum atomic E-state index is 11.9. The van der Waals surface area contributed by atoms with Gasteiger partial charge in [-0.1, -0.05) is 20.8 Å². The van der Waals surface area contributed by atoms with Crippen LogP contribution in [0.1, 0.15) is 26.5 Å². The van der Waals surface area contributed by atoms with Gasteiger partial charge in [-0.2, -0.15) is 0 Å². The number of fused-ring (bicyclic) bond motifs is 1. The molecular formula is C13H17N3O. The van der Waals surface area contributed by atoms with Crippen molar-refractivity contribution in [3.8, 4) is 0 Å². The molecule has 0 bridgehead atoms. The van der Waals surface area contributed by atoms with E-state index in [0.29, 0.717) is 0 Å². The number of nitrogens with one attached hydrogen (secondary N) is 1. The number of anilines is 1. The number of nitrogens with zero attached hydrogens (tertiary/aromatic N) is 2. The average Bonchev–Trinajstić information content (AvgIpc) is 2.58. The van der Waals surface area contributed by atoms with E-state index < -0.39 is 5.41 Å². The van der Waals surface area contributed by atoms with Crippen molar-refractivity contribution in [2.24, 2.45) is 5.41 Å². The second-order valence-electron chi connectivity index (χ2n) is 5.24. The number of aromatic nitrogens is 2. The van der Waals surface area contributed by atoms with Crippen LogP contribution in [0, 0.1) is 12.3 Å². The molecule has 17 heavy (non-hydrogen) atoms. The predicted molar refractivity (Wildman–Crippen MR) is 68.0 cm³/mol. The summed E-state index contributed by atoms with van der Waals surface area (Å²) in [7, 11) is 0. The highest BCUT2D eigenvalue weighted by atomic mass is 16.2. The number of imidazole rings is 1. The molecule has 2 rings (SSSR count). The van der Waals surface area contributed by atoms with Crippen LogP contribution in [0.15, 0.2) is 24.5 Å². The Labute approximate surface area is 101 Å². The molecule has 2 aromatic heterocycles. The number of pyridine rings is 1. The number of amides is 1. The number of carbonyl (C=O) groups excluding carboxylic acids is 1. The fourth-order valence-electron chi connectivity index (χ4n) is 1.54. The van der Waals surface area contributed by atoms with Crippen molar-refractivity contribution in [3.05, 3.63) is 30.2 Å². The fourth-order valence-corrected chi connectivity index (χ4v) is 1.54. The molecule has 90 valence electrons. The van der Waals surface area contributed by atoms with Gasteiger partial charge in [0, 0.05) is 17.8 Å². The summed E-state index contributed by atoms with van der Waals surface area (Å²) in [5.41, 5.74) is 2.06. The first-order chi connectivity index (χ1) is 7.88. The third kappa shape index (κ3) is 2.30. The minimum atomic E-state index is -0.408. The maximum absolute atomic E-state index is 11.9. The lowest BCUT2D eigenvalue weighted by Gasteiger charge is -2.17. The first kappa shape index (κ1) is 11.6. The van der Waals surface area contributed by atoms with Crippen LogP contribution in [0.4, 0.5) is 5.69 Å². The van der Waals surface area contributed by atoms with E-state index >= 15 is 0 Å². The molecule has 0 aromatic carbocycles. The van der Waals surface area contributed by atoms with Gasteiger partial charge < -0.3 is 9.72 Å². The van der Waals surface area contributed by atoms with Crippen LogP contribution in [0.25, 0.3) is 5.65 Å². The molecule has 1 amide bonds. The second kappa shape index (κ2) is 3.87. The predicted octanol–water partition coefficient (Wildman–Crippen LogP) is 2.63. The molecule has 4 nitrogen and oxygen atoms in total. The second-order valence-corrected chi connectivity index (χ2v) is 5.24. The van der Waals surface area contributed by atoms with E-state index in [1.54, 1.807) is 0 Å². The quantitative estimate of drug-likeness (QED) is 0.820. The van der Waals surface area contributed by atoms with Gasteiger partial charge in [-0.15, -0.1) is 0 Å². The van der Waals surface area contributed by atoms with Gasteiger partial charge in [0.25, 0.3) is 0 Å². The summed E-state index contributed by atoms with van der Waals surface area (Å²) in [4.78, 5) is 16.3. The Hall–Kier alpha value is -1.84. The van der Waals surface area contributed by atoms with Gasteiger partial charge in [0.2, 0.25) is 5.91 Å². The highest BCUT2D eigenvalue weighted by molar-refractivity contribution is 5.97. The van der Waals surface area contributed by atoms with Crippen LogP contribution in [0.2, 0.25) is 0 Å². The molecule has 0 aliphatic heterocycles. The van der Waals surface area contributed by atoms with E-state index in [4.69, 9.17) is 0 Å². The standard InChI is InChI=1S/C13H17N3O/c1-9-8-16-7-5-6-10(11(16)14-9)15-12(17)13(2,3)4/h5-8H,1-4H3,(H,15,17). The zero-order chi connectivity index (χ0) is 12.6. The lowest BCUT2D eigenvalue weighted by Crippen LogP contribution is -2.27. The monoisotopic (exact) mass is 231 g/mol. The maximum Gasteiger partial charge on any atom is 0.229 e. The van der Waals surface area contributed by atoms with Crippen LogP contribution < -0.4 is 5.32 Å². The number of hydrogen-bond acceptors (Lipinski definition) is 2. The van der Waals surface area contributed by atoms with Gasteiger partial charge in [0.05, 0.1) is 11.4 Å². The lowest BCUT2D eigenvalue weighted by atomic mass is 9.95. The first-order valence-electron chi connectivity index (χ1n) is 5.64.